The number of unbranched alkanes of at least 4 members (excludes halogenated alkanes) is 6. The van der Waals surface area contributed by atoms with Gasteiger partial charge in [0.2, 0.25) is 0 Å². The molecule has 0 saturated heterocycles. The summed E-state index contributed by atoms with van der Waals surface area (Å²) in [6.45, 7) is 4.72. The van der Waals surface area contributed by atoms with Gasteiger partial charge in [0, 0.05) is 26.6 Å². The molecule has 0 aliphatic rings. The van der Waals surface area contributed by atoms with E-state index >= 15 is 0 Å². The van der Waals surface area contributed by atoms with Crippen LogP contribution in [-0.2, 0) is 0 Å². The van der Waals surface area contributed by atoms with Gasteiger partial charge in [0.25, 0.3) is 0 Å². The van der Waals surface area contributed by atoms with Crippen LogP contribution in [-0.4, -0.2) is 26.6 Å². The van der Waals surface area contributed by atoms with Crippen LogP contribution in [0.4, 0.5) is 0 Å². The molecule has 0 aliphatic carbocycles. The zero-order valence-electron chi connectivity index (χ0n) is 9.16. The lowest BCUT2D eigenvalue weighted by molar-refractivity contribution is 0.601. The minimum atomic E-state index is 0.0153. The van der Waals surface area contributed by atoms with Crippen LogP contribution in [0.2, 0.25) is 12.6 Å². The standard InChI is InChI=1S/C10H22Si3/c1-3-4-5-6-7-8-9-10-13(2)12-11/h3-10H2,1-2H3. The predicted molar refractivity (Wildman–Crippen MR) is 65.9 cm³/mol. The van der Waals surface area contributed by atoms with E-state index in [0.29, 0.717) is 0 Å². The number of rotatable bonds is 9. The van der Waals surface area contributed by atoms with Crippen molar-refractivity contribution in [2.24, 2.45) is 0 Å². The lowest BCUT2D eigenvalue weighted by atomic mass is 10.1. The van der Waals surface area contributed by atoms with Gasteiger partial charge >= 0.3 is 0 Å². The van der Waals surface area contributed by atoms with Crippen molar-refractivity contribution < 1.29 is 0 Å². The first-order valence-electron chi connectivity index (χ1n) is 5.56. The Hall–Kier alpha value is 0.651. The normalized spacial score (nSPS) is 11.1. The fourth-order valence-corrected chi connectivity index (χ4v) is 4.35. The third kappa shape index (κ3) is 10.6. The predicted octanol–water partition coefficient (Wildman–Crippen LogP) is 3.15. The zero-order chi connectivity index (χ0) is 9.94. The van der Waals surface area contributed by atoms with Gasteiger partial charge in [0.1, 0.15) is 0 Å². The minimum Gasteiger partial charge on any atom is -0.0738 e. The Morgan fingerprint density at radius 1 is 1.00 bits per heavy atom. The SMILES string of the molecule is CCCCCCCCC[Si](C)[Si][Si]. The maximum Gasteiger partial charge on any atom is 0.0271 e. The molecule has 0 aromatic rings. The highest BCUT2D eigenvalue weighted by atomic mass is 29.5. The summed E-state index contributed by atoms with van der Waals surface area (Å²) in [6.07, 6.45) is 10.2. The molecule has 3 heteroatoms. The van der Waals surface area contributed by atoms with E-state index in [2.05, 4.69) is 23.2 Å². The first-order valence-corrected chi connectivity index (χ1v) is 11.3. The highest BCUT2D eigenvalue weighted by Gasteiger charge is 2.00. The van der Waals surface area contributed by atoms with Gasteiger partial charge in [-0.2, -0.15) is 0 Å². The molecule has 0 heterocycles. The Balaban J connectivity index is 2.91. The van der Waals surface area contributed by atoms with Crippen LogP contribution in [0, 0.1) is 0 Å². The average molecular weight is 227 g/mol. The maximum atomic E-state index is 3.64. The van der Waals surface area contributed by atoms with E-state index in [9.17, 15) is 0 Å². The van der Waals surface area contributed by atoms with Gasteiger partial charge in [0.15, 0.2) is 0 Å². The highest BCUT2D eigenvalue weighted by Crippen LogP contribution is 2.09. The molecule has 0 aliphatic heterocycles. The number of hydrogen-bond acceptors (Lipinski definition) is 0. The average Bonchev–Trinajstić information content (AvgIpc) is 2.16. The van der Waals surface area contributed by atoms with Crippen LogP contribution in [0.3, 0.4) is 0 Å². The van der Waals surface area contributed by atoms with E-state index in [0.717, 1.165) is 8.55 Å². The molecule has 0 amide bonds. The first kappa shape index (κ1) is 13.7. The molecule has 0 atom stereocenters. The Kier molecular flexibility index (Phi) is 11.3. The summed E-state index contributed by atoms with van der Waals surface area (Å²) < 4.78 is 0. The Morgan fingerprint density at radius 3 is 2.08 bits per heavy atom. The molecule has 0 N–H and O–H groups in total. The molecule has 0 nitrogen and oxygen atoms in total. The van der Waals surface area contributed by atoms with E-state index in [1.54, 1.807) is 0 Å². The van der Waals surface area contributed by atoms with Gasteiger partial charge in [-0.05, 0) is 0 Å². The Labute approximate surface area is 91.3 Å². The first-order chi connectivity index (χ1) is 6.31. The summed E-state index contributed by atoms with van der Waals surface area (Å²) in [5, 5.41) is 0. The van der Waals surface area contributed by atoms with E-state index in [1.165, 1.54) is 51.0 Å². The van der Waals surface area contributed by atoms with Gasteiger partial charge in [-0.3, -0.25) is 0 Å². The lowest BCUT2D eigenvalue weighted by Crippen LogP contribution is -2.17. The van der Waals surface area contributed by atoms with Crippen molar-refractivity contribution in [3.63, 3.8) is 0 Å². The summed E-state index contributed by atoms with van der Waals surface area (Å²) in [5.74, 6) is 0. The summed E-state index contributed by atoms with van der Waals surface area (Å²) in [7, 11) is 4.70. The highest BCUT2D eigenvalue weighted by molar-refractivity contribution is 7.31. The van der Waals surface area contributed by atoms with Gasteiger partial charge < -0.3 is 0 Å². The fourth-order valence-electron chi connectivity index (χ4n) is 1.41. The summed E-state index contributed by atoms with van der Waals surface area (Å²) in [5.41, 5.74) is 0. The molecule has 0 bridgehead atoms. The van der Waals surface area contributed by atoms with Crippen LogP contribution in [0.15, 0.2) is 0 Å². The molecular formula is C10H22Si3. The van der Waals surface area contributed by atoms with Crippen molar-refractivity contribution in [2.75, 3.05) is 0 Å². The van der Waals surface area contributed by atoms with Crippen LogP contribution in [0.25, 0.3) is 0 Å². The maximum absolute atomic E-state index is 3.64. The third-order valence-corrected chi connectivity index (χ3v) is 9.77. The summed E-state index contributed by atoms with van der Waals surface area (Å²) in [4.78, 5) is 0. The Bertz CT molecular complexity index is 96.2. The minimum absolute atomic E-state index is 0.0153. The Morgan fingerprint density at radius 2 is 1.54 bits per heavy atom. The van der Waals surface area contributed by atoms with Gasteiger partial charge in [-0.25, -0.2) is 0 Å². The van der Waals surface area contributed by atoms with Crippen molar-refractivity contribution in [1.29, 1.82) is 0 Å². The largest absolute Gasteiger partial charge is 0.0738 e. The quantitative estimate of drug-likeness (QED) is 0.419. The molecule has 0 aromatic heterocycles. The van der Waals surface area contributed by atoms with E-state index in [1.807, 2.05) is 0 Å². The second-order valence-corrected chi connectivity index (χ2v) is 11.6. The van der Waals surface area contributed by atoms with E-state index in [4.69, 9.17) is 0 Å². The summed E-state index contributed by atoms with van der Waals surface area (Å²) in [6, 6.07) is 1.51. The van der Waals surface area contributed by atoms with Gasteiger partial charge in [0.05, 0.1) is 0 Å². The summed E-state index contributed by atoms with van der Waals surface area (Å²) >= 11 is 0. The molecule has 0 spiro atoms. The zero-order valence-corrected chi connectivity index (χ0v) is 12.2. The second kappa shape index (κ2) is 10.7. The van der Waals surface area contributed by atoms with Crippen LogP contribution in [0.5, 0.6) is 0 Å². The topological polar surface area (TPSA) is 0 Å². The molecule has 0 saturated carbocycles. The third-order valence-electron chi connectivity index (χ3n) is 2.37. The molecule has 0 fully saturated rings. The molecule has 0 unspecified atom stereocenters. The van der Waals surface area contributed by atoms with E-state index < -0.39 is 0 Å². The number of hydrogen-bond donors (Lipinski definition) is 0. The lowest BCUT2D eigenvalue weighted by Gasteiger charge is -2.05. The van der Waals surface area contributed by atoms with Crippen LogP contribution < -0.4 is 0 Å². The van der Waals surface area contributed by atoms with Crippen molar-refractivity contribution in [3.05, 3.63) is 0 Å². The van der Waals surface area contributed by atoms with Crippen molar-refractivity contribution in [3.8, 4) is 0 Å². The molecule has 74 valence electrons. The molecule has 6 radical (unpaired) electrons. The molecular weight excluding hydrogens is 204 g/mol. The van der Waals surface area contributed by atoms with Crippen molar-refractivity contribution in [2.45, 2.75) is 64.5 Å². The van der Waals surface area contributed by atoms with Crippen molar-refractivity contribution in [1.82, 2.24) is 0 Å². The molecule has 13 heavy (non-hydrogen) atoms. The van der Waals surface area contributed by atoms with Gasteiger partial charge in [-0.15, -0.1) is 0 Å². The second-order valence-electron chi connectivity index (χ2n) is 3.78. The van der Waals surface area contributed by atoms with E-state index in [-0.39, 0.29) is 8.31 Å². The smallest absolute Gasteiger partial charge is 0.0271 e. The molecule has 0 aromatic carbocycles. The van der Waals surface area contributed by atoms with Gasteiger partial charge in [-0.1, -0.05) is 64.5 Å². The van der Waals surface area contributed by atoms with Crippen LogP contribution >= 0.6 is 0 Å². The molecule has 0 rings (SSSR count). The fraction of sp³-hybridized carbons (Fsp3) is 1.00. The van der Waals surface area contributed by atoms with Crippen LogP contribution in [0.1, 0.15) is 51.9 Å². The monoisotopic (exact) mass is 226 g/mol. The van der Waals surface area contributed by atoms with Crippen molar-refractivity contribution >= 4 is 26.6 Å².